The van der Waals surface area contributed by atoms with Gasteiger partial charge in [-0.05, 0) is 61.4 Å². The number of imidazole rings is 1. The third kappa shape index (κ3) is 3.58. The zero-order valence-electron chi connectivity index (χ0n) is 19.3. The molecule has 0 atom stereocenters. The van der Waals surface area contributed by atoms with Crippen molar-refractivity contribution in [2.75, 3.05) is 22.8 Å². The number of fused-ring (bicyclic) bond motifs is 1. The lowest BCUT2D eigenvalue weighted by molar-refractivity contribution is 0.100. The molecule has 0 aliphatic carbocycles. The minimum atomic E-state index is -4.20. The minimum Gasteiger partial charge on any atom is -0.495 e. The summed E-state index contributed by atoms with van der Waals surface area (Å²) in [5, 5.41) is 0.328. The van der Waals surface area contributed by atoms with E-state index in [2.05, 4.69) is 4.98 Å². The summed E-state index contributed by atoms with van der Waals surface area (Å²) in [5.74, 6) is -0.602. The van der Waals surface area contributed by atoms with Crippen molar-refractivity contribution in [1.29, 1.82) is 0 Å². The number of halogens is 1. The van der Waals surface area contributed by atoms with Crippen molar-refractivity contribution in [1.82, 2.24) is 9.55 Å². The van der Waals surface area contributed by atoms with Gasteiger partial charge in [0, 0.05) is 18.1 Å². The molecule has 3 heterocycles. The maximum atomic E-state index is 13.5. The molecule has 0 spiro atoms. The molecule has 2 aromatic carbocycles. The average molecular weight is 513 g/mol. The number of anilines is 2. The molecule has 4 aromatic rings. The molecule has 180 valence electrons. The molecule has 1 aliphatic heterocycles. The van der Waals surface area contributed by atoms with Gasteiger partial charge in [0.25, 0.3) is 5.91 Å². The van der Waals surface area contributed by atoms with Gasteiger partial charge in [0.15, 0.2) is 0 Å². The fraction of sp³-hybridized carbons (Fsp3) is 0.167. The second-order valence-corrected chi connectivity index (χ2v) is 10.9. The molecule has 11 heteroatoms. The number of methoxy groups -OCH3 is 1. The fourth-order valence-electron chi connectivity index (χ4n) is 4.09. The van der Waals surface area contributed by atoms with Crippen molar-refractivity contribution >= 4 is 38.1 Å². The SMILES string of the molecule is COc1cc(-c2sc3c(c2C)C(=O)N(c2ccc(F)cc2)S(=O)(=O)N3C)ccc1-n1cnc(C)c1. The van der Waals surface area contributed by atoms with Gasteiger partial charge in [0.2, 0.25) is 0 Å². The number of benzene rings is 2. The molecule has 0 bridgehead atoms. The number of aryl methyl sites for hydroxylation is 1. The summed E-state index contributed by atoms with van der Waals surface area (Å²) in [6, 6.07) is 10.4. The van der Waals surface area contributed by atoms with Crippen LogP contribution in [0.4, 0.5) is 15.1 Å². The van der Waals surface area contributed by atoms with Gasteiger partial charge in [-0.3, -0.25) is 4.79 Å². The Hall–Kier alpha value is -3.70. The van der Waals surface area contributed by atoms with Crippen molar-refractivity contribution in [2.45, 2.75) is 13.8 Å². The number of amides is 1. The number of rotatable bonds is 4. The van der Waals surface area contributed by atoms with Crippen LogP contribution in [0.3, 0.4) is 0 Å². The topological polar surface area (TPSA) is 84.7 Å². The standard InChI is InChI=1S/C24H21FN4O4S2/c1-14-12-28(13-26-14)19-10-5-16(11-20(19)33-4)22-15(2)21-23(30)29(18-8-6-17(25)7-9-18)35(31,32)27(3)24(21)34-22/h5-13H,1-4H3. The van der Waals surface area contributed by atoms with Crippen LogP contribution in [0.15, 0.2) is 55.0 Å². The summed E-state index contributed by atoms with van der Waals surface area (Å²) in [6.07, 6.45) is 3.58. The molecule has 35 heavy (non-hydrogen) atoms. The van der Waals surface area contributed by atoms with Crippen molar-refractivity contribution in [3.63, 3.8) is 0 Å². The molecule has 1 amide bonds. The summed E-state index contributed by atoms with van der Waals surface area (Å²) in [6.45, 7) is 3.68. The van der Waals surface area contributed by atoms with Crippen LogP contribution in [0.1, 0.15) is 21.6 Å². The lowest BCUT2D eigenvalue weighted by atomic mass is 10.0. The Labute approximate surface area is 206 Å². The van der Waals surface area contributed by atoms with E-state index in [-0.39, 0.29) is 5.69 Å². The largest absolute Gasteiger partial charge is 0.495 e. The average Bonchev–Trinajstić information content (AvgIpc) is 3.41. The molecule has 5 rings (SSSR count). The highest BCUT2D eigenvalue weighted by molar-refractivity contribution is 7.95. The van der Waals surface area contributed by atoms with Crippen molar-refractivity contribution in [3.8, 4) is 21.9 Å². The summed E-state index contributed by atoms with van der Waals surface area (Å²) in [4.78, 5) is 18.5. The Balaban J connectivity index is 1.63. The van der Waals surface area contributed by atoms with E-state index in [0.717, 1.165) is 38.3 Å². The Morgan fingerprint density at radius 2 is 1.80 bits per heavy atom. The predicted molar refractivity (Wildman–Crippen MR) is 133 cm³/mol. The van der Waals surface area contributed by atoms with Gasteiger partial charge in [-0.25, -0.2) is 13.7 Å². The van der Waals surface area contributed by atoms with Crippen LogP contribution in [0, 0.1) is 19.7 Å². The number of carbonyl (C=O) groups excluding carboxylic acids is 1. The van der Waals surface area contributed by atoms with Crippen LogP contribution in [-0.2, 0) is 10.2 Å². The van der Waals surface area contributed by atoms with Crippen LogP contribution < -0.4 is 13.3 Å². The van der Waals surface area contributed by atoms with Gasteiger partial charge >= 0.3 is 10.2 Å². The number of carbonyl (C=O) groups is 1. The first-order valence-corrected chi connectivity index (χ1v) is 12.8. The van der Waals surface area contributed by atoms with E-state index in [0.29, 0.717) is 26.2 Å². The minimum absolute atomic E-state index is 0.0719. The Morgan fingerprint density at radius 1 is 1.09 bits per heavy atom. The van der Waals surface area contributed by atoms with Crippen LogP contribution in [-0.4, -0.2) is 38.0 Å². The molecule has 1 aliphatic rings. The van der Waals surface area contributed by atoms with Gasteiger partial charge in [-0.2, -0.15) is 12.7 Å². The highest BCUT2D eigenvalue weighted by Crippen LogP contribution is 2.47. The van der Waals surface area contributed by atoms with Crippen LogP contribution >= 0.6 is 11.3 Å². The fourth-order valence-corrected chi connectivity index (χ4v) is 6.89. The highest BCUT2D eigenvalue weighted by Gasteiger charge is 2.44. The summed E-state index contributed by atoms with van der Waals surface area (Å²) in [7, 11) is -1.22. The van der Waals surface area contributed by atoms with Crippen LogP contribution in [0.25, 0.3) is 16.1 Å². The van der Waals surface area contributed by atoms with Gasteiger partial charge in [-0.1, -0.05) is 6.07 Å². The maximum absolute atomic E-state index is 13.5. The zero-order valence-corrected chi connectivity index (χ0v) is 20.9. The lowest BCUT2D eigenvalue weighted by Gasteiger charge is -2.33. The first-order chi connectivity index (χ1) is 16.6. The number of hydrogen-bond acceptors (Lipinski definition) is 6. The number of ether oxygens (including phenoxy) is 1. The maximum Gasteiger partial charge on any atom is 0.333 e. The predicted octanol–water partition coefficient (Wildman–Crippen LogP) is 4.71. The van der Waals surface area contributed by atoms with E-state index >= 15 is 0 Å². The molecule has 0 saturated carbocycles. The van der Waals surface area contributed by atoms with Gasteiger partial charge in [0.1, 0.15) is 16.6 Å². The summed E-state index contributed by atoms with van der Waals surface area (Å²) >= 11 is 1.22. The normalized spacial score (nSPS) is 14.8. The van der Waals surface area contributed by atoms with E-state index in [1.54, 1.807) is 20.4 Å². The van der Waals surface area contributed by atoms with Gasteiger partial charge in [0.05, 0.1) is 36.1 Å². The van der Waals surface area contributed by atoms with E-state index in [1.165, 1.54) is 30.5 Å². The first kappa shape index (κ1) is 23.1. The van der Waals surface area contributed by atoms with Gasteiger partial charge < -0.3 is 9.30 Å². The van der Waals surface area contributed by atoms with Gasteiger partial charge in [-0.15, -0.1) is 11.3 Å². The van der Waals surface area contributed by atoms with E-state index < -0.39 is 21.9 Å². The lowest BCUT2D eigenvalue weighted by Crippen LogP contribution is -2.49. The summed E-state index contributed by atoms with van der Waals surface area (Å²) in [5.41, 5.74) is 3.46. The number of aromatic nitrogens is 2. The van der Waals surface area contributed by atoms with Crippen molar-refractivity contribution in [2.24, 2.45) is 0 Å². The molecule has 0 unspecified atom stereocenters. The quantitative estimate of drug-likeness (QED) is 0.396. The molecule has 0 saturated heterocycles. The molecule has 2 aromatic heterocycles. The van der Waals surface area contributed by atoms with E-state index in [9.17, 15) is 17.6 Å². The molecular weight excluding hydrogens is 491 g/mol. The Kier molecular flexibility index (Phi) is 5.41. The smallest absolute Gasteiger partial charge is 0.333 e. The Morgan fingerprint density at radius 3 is 2.43 bits per heavy atom. The third-order valence-electron chi connectivity index (χ3n) is 5.88. The number of hydrogen-bond donors (Lipinski definition) is 0. The first-order valence-electron chi connectivity index (χ1n) is 10.6. The zero-order chi connectivity index (χ0) is 25.1. The Bertz CT molecular complexity index is 1580. The van der Waals surface area contributed by atoms with E-state index in [1.807, 2.05) is 35.9 Å². The van der Waals surface area contributed by atoms with Crippen LogP contribution in [0.5, 0.6) is 5.75 Å². The van der Waals surface area contributed by atoms with Crippen molar-refractivity contribution < 1.29 is 22.3 Å². The molecule has 0 fully saturated rings. The number of thiophene rings is 1. The number of nitrogens with zero attached hydrogens (tertiary/aromatic N) is 4. The van der Waals surface area contributed by atoms with Crippen molar-refractivity contribution in [3.05, 3.63) is 77.6 Å². The second kappa shape index (κ2) is 8.21. The highest BCUT2D eigenvalue weighted by atomic mass is 32.2. The molecule has 0 radical (unpaired) electrons. The molecular formula is C24H21FN4O4S2. The monoisotopic (exact) mass is 512 g/mol. The van der Waals surface area contributed by atoms with Crippen LogP contribution in [0.2, 0.25) is 0 Å². The molecule has 0 N–H and O–H groups in total. The van der Waals surface area contributed by atoms with E-state index in [4.69, 9.17) is 4.74 Å². The molecule has 8 nitrogen and oxygen atoms in total. The second-order valence-electron chi connectivity index (χ2n) is 8.07. The summed E-state index contributed by atoms with van der Waals surface area (Å²) < 4.78 is 49.2. The third-order valence-corrected chi connectivity index (χ3v) is 9.13.